The molecule has 31 heavy (non-hydrogen) atoms. The summed E-state index contributed by atoms with van der Waals surface area (Å²) < 4.78 is 0. The fourth-order valence-corrected chi connectivity index (χ4v) is 3.83. The van der Waals surface area contributed by atoms with Crippen molar-refractivity contribution >= 4 is 34.0 Å². The van der Waals surface area contributed by atoms with Gasteiger partial charge in [-0.3, -0.25) is 25.0 Å². The molecule has 0 unspecified atom stereocenters. The van der Waals surface area contributed by atoms with Gasteiger partial charge in [-0.05, 0) is 31.4 Å². The highest BCUT2D eigenvalue weighted by atomic mass is 32.1. The minimum Gasteiger partial charge on any atom is -0.356 e. The number of thiazole rings is 1. The number of nitrogens with one attached hydrogen (secondary N) is 2. The zero-order chi connectivity index (χ0) is 22.4. The lowest BCUT2D eigenvalue weighted by Crippen LogP contribution is -2.21. The van der Waals surface area contributed by atoms with Crippen molar-refractivity contribution in [3.63, 3.8) is 0 Å². The lowest BCUT2D eigenvalue weighted by molar-refractivity contribution is -0.385. The van der Waals surface area contributed by atoms with Gasteiger partial charge in [-0.25, -0.2) is 4.98 Å². The summed E-state index contributed by atoms with van der Waals surface area (Å²) >= 11 is 1.26. The van der Waals surface area contributed by atoms with Crippen molar-refractivity contribution in [2.24, 2.45) is 0 Å². The van der Waals surface area contributed by atoms with Gasteiger partial charge in [0, 0.05) is 30.0 Å². The third-order valence-electron chi connectivity index (χ3n) is 4.66. The summed E-state index contributed by atoms with van der Waals surface area (Å²) in [6.07, 6.45) is 1.71. The Morgan fingerprint density at radius 1 is 1.16 bits per heavy atom. The first-order valence-electron chi connectivity index (χ1n) is 9.70. The Bertz CT molecular complexity index is 1110. The molecule has 1 aromatic heterocycles. The van der Waals surface area contributed by atoms with Crippen LogP contribution in [-0.2, 0) is 11.2 Å². The van der Waals surface area contributed by atoms with Gasteiger partial charge in [-0.2, -0.15) is 0 Å². The summed E-state index contributed by atoms with van der Waals surface area (Å²) in [5, 5.41) is 19.0. The van der Waals surface area contributed by atoms with Gasteiger partial charge < -0.3 is 5.32 Å². The Balaban J connectivity index is 1.65. The van der Waals surface area contributed by atoms with E-state index in [9.17, 15) is 19.7 Å². The molecule has 8 nitrogen and oxygen atoms in total. The SMILES string of the molecule is CC(=O)NCCCc1ccc(-c2csc(NC(=O)c3cccc(C)c3[N+](=O)[O-])n2)cc1. The Morgan fingerprint density at radius 3 is 2.58 bits per heavy atom. The molecule has 1 heterocycles. The molecule has 160 valence electrons. The highest BCUT2D eigenvalue weighted by molar-refractivity contribution is 7.14. The first-order valence-corrected chi connectivity index (χ1v) is 10.6. The molecule has 0 spiro atoms. The first-order chi connectivity index (χ1) is 14.8. The second-order valence-corrected chi connectivity index (χ2v) is 7.86. The van der Waals surface area contributed by atoms with Crippen LogP contribution in [0.5, 0.6) is 0 Å². The van der Waals surface area contributed by atoms with E-state index in [4.69, 9.17) is 0 Å². The molecule has 0 aliphatic heterocycles. The van der Waals surface area contributed by atoms with E-state index in [-0.39, 0.29) is 17.2 Å². The zero-order valence-corrected chi connectivity index (χ0v) is 18.0. The number of nitrogens with zero attached hydrogens (tertiary/aromatic N) is 2. The van der Waals surface area contributed by atoms with Crippen molar-refractivity contribution in [1.82, 2.24) is 10.3 Å². The molecule has 3 aromatic rings. The summed E-state index contributed by atoms with van der Waals surface area (Å²) in [5.74, 6) is -0.593. The molecule has 0 saturated heterocycles. The molecule has 2 N–H and O–H groups in total. The van der Waals surface area contributed by atoms with E-state index in [1.54, 1.807) is 19.1 Å². The molecule has 9 heteroatoms. The predicted molar refractivity (Wildman–Crippen MR) is 120 cm³/mol. The molecule has 0 saturated carbocycles. The molecular weight excluding hydrogens is 416 g/mol. The number of hydrogen-bond acceptors (Lipinski definition) is 6. The van der Waals surface area contributed by atoms with E-state index >= 15 is 0 Å². The number of benzene rings is 2. The van der Waals surface area contributed by atoms with Crippen LogP contribution >= 0.6 is 11.3 Å². The molecule has 2 amide bonds. The number of aryl methyl sites for hydroxylation is 2. The van der Waals surface area contributed by atoms with Crippen molar-refractivity contribution in [3.8, 4) is 11.3 Å². The fraction of sp³-hybridized carbons (Fsp3) is 0.227. The number of aromatic nitrogens is 1. The van der Waals surface area contributed by atoms with Crippen LogP contribution in [0.2, 0.25) is 0 Å². The average molecular weight is 439 g/mol. The van der Waals surface area contributed by atoms with Gasteiger partial charge in [0.1, 0.15) is 5.56 Å². The normalized spacial score (nSPS) is 10.5. The molecule has 3 rings (SSSR count). The zero-order valence-electron chi connectivity index (χ0n) is 17.2. The molecule has 0 atom stereocenters. The maximum atomic E-state index is 12.6. The van der Waals surface area contributed by atoms with E-state index in [1.165, 1.54) is 24.3 Å². The Kier molecular flexibility index (Phi) is 7.09. The number of rotatable bonds is 8. The quantitative estimate of drug-likeness (QED) is 0.308. The van der Waals surface area contributed by atoms with Crippen LogP contribution in [0.3, 0.4) is 0 Å². The van der Waals surface area contributed by atoms with E-state index < -0.39 is 10.8 Å². The standard InChI is InChI=1S/C22H22N4O4S/c1-14-5-3-7-18(20(14)26(29)30)21(28)25-22-24-19(13-31-22)17-10-8-16(9-11-17)6-4-12-23-15(2)27/h3,5,7-11,13H,4,6,12H2,1-2H3,(H,23,27)(H,24,25,28). The molecule has 0 radical (unpaired) electrons. The number of carbonyl (C=O) groups excluding carboxylic acids is 2. The van der Waals surface area contributed by atoms with Gasteiger partial charge in [-0.1, -0.05) is 36.4 Å². The fourth-order valence-electron chi connectivity index (χ4n) is 3.11. The minimum absolute atomic E-state index is 0.00497. The van der Waals surface area contributed by atoms with E-state index in [2.05, 4.69) is 15.6 Å². The summed E-state index contributed by atoms with van der Waals surface area (Å²) in [7, 11) is 0. The number of anilines is 1. The molecule has 2 aromatic carbocycles. The van der Waals surface area contributed by atoms with E-state index in [1.807, 2.05) is 29.6 Å². The second kappa shape index (κ2) is 9.94. The van der Waals surface area contributed by atoms with E-state index in [0.29, 0.717) is 22.9 Å². The molecule has 0 fully saturated rings. The van der Waals surface area contributed by atoms with Gasteiger partial charge in [-0.15, -0.1) is 11.3 Å². The number of nitro benzene ring substituents is 1. The molecule has 0 aliphatic rings. The Hall–Kier alpha value is -3.59. The van der Waals surface area contributed by atoms with Crippen LogP contribution in [0.15, 0.2) is 47.8 Å². The van der Waals surface area contributed by atoms with Gasteiger partial charge in [0.15, 0.2) is 5.13 Å². The second-order valence-electron chi connectivity index (χ2n) is 7.00. The Labute approximate surface area is 183 Å². The third-order valence-corrected chi connectivity index (χ3v) is 5.41. The highest BCUT2D eigenvalue weighted by Gasteiger charge is 2.23. The van der Waals surface area contributed by atoms with Crippen molar-refractivity contribution < 1.29 is 14.5 Å². The van der Waals surface area contributed by atoms with Gasteiger partial charge >= 0.3 is 0 Å². The van der Waals surface area contributed by atoms with Crippen molar-refractivity contribution in [2.75, 3.05) is 11.9 Å². The predicted octanol–water partition coefficient (Wildman–Crippen LogP) is 4.35. The third kappa shape index (κ3) is 5.73. The summed E-state index contributed by atoms with van der Waals surface area (Å²) in [4.78, 5) is 38.7. The largest absolute Gasteiger partial charge is 0.356 e. The topological polar surface area (TPSA) is 114 Å². The highest BCUT2D eigenvalue weighted by Crippen LogP contribution is 2.28. The van der Waals surface area contributed by atoms with Gasteiger partial charge in [0.05, 0.1) is 10.6 Å². The monoisotopic (exact) mass is 438 g/mol. The maximum absolute atomic E-state index is 12.6. The van der Waals surface area contributed by atoms with Crippen molar-refractivity contribution in [3.05, 3.63) is 74.6 Å². The van der Waals surface area contributed by atoms with Gasteiger partial charge in [0.25, 0.3) is 11.6 Å². The lowest BCUT2D eigenvalue weighted by atomic mass is 10.1. The Morgan fingerprint density at radius 2 is 1.90 bits per heavy atom. The maximum Gasteiger partial charge on any atom is 0.285 e. The molecular formula is C22H22N4O4S. The van der Waals surface area contributed by atoms with E-state index in [0.717, 1.165) is 24.0 Å². The smallest absolute Gasteiger partial charge is 0.285 e. The van der Waals surface area contributed by atoms with Crippen LogP contribution < -0.4 is 10.6 Å². The number of amides is 2. The number of nitro groups is 1. The summed E-state index contributed by atoms with van der Waals surface area (Å²) in [5.41, 5.74) is 3.00. The van der Waals surface area contributed by atoms with Crippen LogP contribution in [-0.4, -0.2) is 28.3 Å². The van der Waals surface area contributed by atoms with Crippen molar-refractivity contribution in [1.29, 1.82) is 0 Å². The van der Waals surface area contributed by atoms with Crippen LogP contribution in [0.4, 0.5) is 10.8 Å². The first kappa shape index (κ1) is 22.1. The number of para-hydroxylation sites is 1. The lowest BCUT2D eigenvalue weighted by Gasteiger charge is -2.05. The van der Waals surface area contributed by atoms with Crippen LogP contribution in [0, 0.1) is 17.0 Å². The minimum atomic E-state index is -0.564. The molecule has 0 bridgehead atoms. The summed E-state index contributed by atoms with van der Waals surface area (Å²) in [6.45, 7) is 3.74. The summed E-state index contributed by atoms with van der Waals surface area (Å²) in [6, 6.07) is 12.6. The number of carbonyl (C=O) groups is 2. The molecule has 0 aliphatic carbocycles. The number of hydrogen-bond donors (Lipinski definition) is 2. The van der Waals surface area contributed by atoms with Gasteiger partial charge in [0.2, 0.25) is 5.91 Å². The van der Waals surface area contributed by atoms with Crippen LogP contribution in [0.1, 0.15) is 34.8 Å². The average Bonchev–Trinajstić information content (AvgIpc) is 3.19. The van der Waals surface area contributed by atoms with Crippen molar-refractivity contribution in [2.45, 2.75) is 26.7 Å². The van der Waals surface area contributed by atoms with Crippen LogP contribution in [0.25, 0.3) is 11.3 Å².